The molecule has 162 valence electrons. The number of nitrogens with one attached hydrogen (secondary N) is 3. The quantitative estimate of drug-likeness (QED) is 0.368. The largest absolute Gasteiger partial charge is 0.489 e. The maximum Gasteiger partial charge on any atom is 0.305 e. The molecule has 0 saturated heterocycles. The third-order valence-electron chi connectivity index (χ3n) is 5.12. The zero-order valence-electron chi connectivity index (χ0n) is 17.1. The van der Waals surface area contributed by atoms with Gasteiger partial charge in [0.2, 0.25) is 0 Å². The van der Waals surface area contributed by atoms with Crippen LogP contribution >= 0.6 is 0 Å². The lowest BCUT2D eigenvalue weighted by molar-refractivity contribution is -0.137. The van der Waals surface area contributed by atoms with Gasteiger partial charge in [-0.2, -0.15) is 0 Å². The molecule has 0 spiro atoms. The third-order valence-corrected chi connectivity index (χ3v) is 5.12. The van der Waals surface area contributed by atoms with Crippen molar-refractivity contribution in [1.82, 2.24) is 15.0 Å². The Balaban J connectivity index is 1.40. The van der Waals surface area contributed by atoms with E-state index >= 15 is 0 Å². The van der Waals surface area contributed by atoms with Gasteiger partial charge in [0.25, 0.3) is 0 Å². The molecular weight excluding hydrogens is 396 g/mol. The second-order valence-corrected chi connectivity index (χ2v) is 7.32. The van der Waals surface area contributed by atoms with E-state index in [1.165, 1.54) is 0 Å². The molecule has 0 saturated carbocycles. The highest BCUT2D eigenvalue weighted by Crippen LogP contribution is 2.35. The summed E-state index contributed by atoms with van der Waals surface area (Å²) in [5.41, 5.74) is 2.69. The summed E-state index contributed by atoms with van der Waals surface area (Å²) in [6.07, 6.45) is 7.80. The van der Waals surface area contributed by atoms with Crippen LogP contribution in [0, 0.1) is 0 Å². The highest BCUT2D eigenvalue weighted by molar-refractivity contribution is 5.70. The molecule has 3 aromatic rings. The zero-order chi connectivity index (χ0) is 21.5. The van der Waals surface area contributed by atoms with Crippen LogP contribution < -0.4 is 20.3 Å². The van der Waals surface area contributed by atoms with E-state index in [9.17, 15) is 9.90 Å². The van der Waals surface area contributed by atoms with Crippen molar-refractivity contribution in [3.8, 4) is 5.75 Å². The number of ether oxygens (including phenoxy) is 1. The number of pyridine rings is 1. The van der Waals surface area contributed by atoms with Gasteiger partial charge >= 0.3 is 5.97 Å². The lowest BCUT2D eigenvalue weighted by Gasteiger charge is -2.32. The number of H-pyrrole nitrogens is 1. The predicted octanol–water partition coefficient (Wildman–Crippen LogP) is 3.13. The summed E-state index contributed by atoms with van der Waals surface area (Å²) in [5, 5.41) is 15.9. The summed E-state index contributed by atoms with van der Waals surface area (Å²) in [6.45, 7) is 3.16. The molecule has 1 aromatic carbocycles. The molecular formula is C22H26N6O3. The summed E-state index contributed by atoms with van der Waals surface area (Å²) in [5.74, 6) is 0.711. The molecule has 1 unspecified atom stereocenters. The molecule has 0 bridgehead atoms. The first-order valence-corrected chi connectivity index (χ1v) is 10.3. The van der Waals surface area contributed by atoms with E-state index in [-0.39, 0.29) is 12.5 Å². The average molecular weight is 422 g/mol. The topological polar surface area (TPSA) is 115 Å². The van der Waals surface area contributed by atoms with Crippen LogP contribution in [0.1, 0.15) is 24.4 Å². The van der Waals surface area contributed by atoms with E-state index in [1.807, 2.05) is 24.3 Å². The molecule has 9 nitrogen and oxygen atoms in total. The molecule has 2 aromatic heterocycles. The second-order valence-electron chi connectivity index (χ2n) is 7.32. The first-order valence-electron chi connectivity index (χ1n) is 10.3. The number of aromatic amines is 1. The van der Waals surface area contributed by atoms with Gasteiger partial charge in [-0.15, -0.1) is 0 Å². The molecule has 1 aliphatic rings. The van der Waals surface area contributed by atoms with Crippen molar-refractivity contribution in [2.45, 2.75) is 18.9 Å². The van der Waals surface area contributed by atoms with Crippen molar-refractivity contribution in [1.29, 1.82) is 0 Å². The summed E-state index contributed by atoms with van der Waals surface area (Å²) >= 11 is 0. The monoisotopic (exact) mass is 422 g/mol. The highest BCUT2D eigenvalue weighted by Gasteiger charge is 2.20. The van der Waals surface area contributed by atoms with E-state index in [0.717, 1.165) is 54.7 Å². The van der Waals surface area contributed by atoms with Gasteiger partial charge in [-0.1, -0.05) is 6.07 Å². The normalized spacial score (nSPS) is 13.7. The third kappa shape index (κ3) is 5.44. The standard InChI is InChI=1S/C22H26N6O3/c29-21(30)14-18(16-3-1-6-23-15-16)27-17-4-5-19-20(13-17)31-12-11-28(19)10-2-7-24-22-25-8-9-26-22/h1,3-6,8-9,13,15,18,27H,2,7,10-12,14H2,(H,29,30)(H2,24,25,26). The van der Waals surface area contributed by atoms with Gasteiger partial charge in [-0.3, -0.25) is 9.78 Å². The summed E-state index contributed by atoms with van der Waals surface area (Å²) in [7, 11) is 0. The Kier molecular flexibility index (Phi) is 6.51. The van der Waals surface area contributed by atoms with Crippen LogP contribution in [0.2, 0.25) is 0 Å². The lowest BCUT2D eigenvalue weighted by atomic mass is 10.1. The zero-order valence-corrected chi connectivity index (χ0v) is 17.1. The fourth-order valence-corrected chi connectivity index (χ4v) is 3.65. The molecule has 0 fully saturated rings. The van der Waals surface area contributed by atoms with Crippen molar-refractivity contribution in [2.75, 3.05) is 41.8 Å². The van der Waals surface area contributed by atoms with E-state index in [2.05, 4.69) is 30.5 Å². The average Bonchev–Trinajstić information content (AvgIpc) is 3.30. The van der Waals surface area contributed by atoms with E-state index in [4.69, 9.17) is 4.74 Å². The van der Waals surface area contributed by atoms with E-state index < -0.39 is 5.97 Å². The van der Waals surface area contributed by atoms with Crippen LogP contribution in [0.3, 0.4) is 0 Å². The Hall–Kier alpha value is -3.75. The first-order chi connectivity index (χ1) is 15.2. The number of hydrogen-bond acceptors (Lipinski definition) is 7. The molecule has 0 radical (unpaired) electrons. The van der Waals surface area contributed by atoms with Crippen LogP contribution in [0.5, 0.6) is 5.75 Å². The van der Waals surface area contributed by atoms with Crippen molar-refractivity contribution in [2.24, 2.45) is 0 Å². The van der Waals surface area contributed by atoms with Crippen molar-refractivity contribution >= 4 is 23.3 Å². The second kappa shape index (κ2) is 9.84. The number of carboxylic acids is 1. The van der Waals surface area contributed by atoms with Gasteiger partial charge < -0.3 is 30.4 Å². The Labute approximate surface area is 180 Å². The lowest BCUT2D eigenvalue weighted by Crippen LogP contribution is -2.34. The molecule has 9 heteroatoms. The fraction of sp³-hybridized carbons (Fsp3) is 0.318. The number of hydrogen-bond donors (Lipinski definition) is 4. The minimum Gasteiger partial charge on any atom is -0.489 e. The number of imidazole rings is 1. The van der Waals surface area contributed by atoms with Gasteiger partial charge in [0, 0.05) is 49.6 Å². The smallest absolute Gasteiger partial charge is 0.305 e. The fourth-order valence-electron chi connectivity index (χ4n) is 3.65. The van der Waals surface area contributed by atoms with Gasteiger partial charge in [0.05, 0.1) is 24.7 Å². The SMILES string of the molecule is O=C(O)CC(Nc1ccc2c(c1)OCCN2CCCNc1ncc[nH]1)c1cccnc1. The molecule has 1 aliphatic heterocycles. The molecule has 4 rings (SSSR count). The van der Waals surface area contributed by atoms with Crippen molar-refractivity contribution in [3.63, 3.8) is 0 Å². The van der Waals surface area contributed by atoms with Gasteiger partial charge in [-0.05, 0) is 30.2 Å². The van der Waals surface area contributed by atoms with E-state index in [1.54, 1.807) is 30.9 Å². The number of nitrogens with zero attached hydrogens (tertiary/aromatic N) is 3. The Morgan fingerprint density at radius 3 is 3.03 bits per heavy atom. The van der Waals surface area contributed by atoms with Crippen LogP contribution in [0.15, 0.2) is 55.1 Å². The minimum atomic E-state index is -0.870. The van der Waals surface area contributed by atoms with Gasteiger partial charge in [-0.25, -0.2) is 4.98 Å². The van der Waals surface area contributed by atoms with Gasteiger partial charge in [0.15, 0.2) is 5.95 Å². The number of carbonyl (C=O) groups is 1. The maximum atomic E-state index is 11.3. The Bertz CT molecular complexity index is 980. The highest BCUT2D eigenvalue weighted by atomic mass is 16.5. The minimum absolute atomic E-state index is 0.0432. The molecule has 4 N–H and O–H groups in total. The Morgan fingerprint density at radius 2 is 2.26 bits per heavy atom. The Morgan fingerprint density at radius 1 is 1.32 bits per heavy atom. The van der Waals surface area contributed by atoms with Crippen molar-refractivity contribution in [3.05, 3.63) is 60.7 Å². The van der Waals surface area contributed by atoms with Crippen LogP contribution in [0.4, 0.5) is 17.3 Å². The van der Waals surface area contributed by atoms with Crippen LogP contribution in [-0.2, 0) is 4.79 Å². The number of aliphatic carboxylic acids is 1. The number of anilines is 3. The number of rotatable bonds is 10. The number of benzene rings is 1. The van der Waals surface area contributed by atoms with Gasteiger partial charge in [0.1, 0.15) is 12.4 Å². The van der Waals surface area contributed by atoms with Crippen LogP contribution in [0.25, 0.3) is 0 Å². The number of carboxylic acid groups (broad SMARTS) is 1. The molecule has 0 aliphatic carbocycles. The summed E-state index contributed by atoms with van der Waals surface area (Å²) in [6, 6.07) is 9.23. The molecule has 0 amide bonds. The number of fused-ring (bicyclic) bond motifs is 1. The summed E-state index contributed by atoms with van der Waals surface area (Å²) < 4.78 is 5.89. The molecule has 1 atom stereocenters. The summed E-state index contributed by atoms with van der Waals surface area (Å²) in [4.78, 5) is 25.0. The van der Waals surface area contributed by atoms with Crippen LogP contribution in [-0.4, -0.2) is 52.3 Å². The first kappa shape index (κ1) is 20.5. The molecule has 31 heavy (non-hydrogen) atoms. The maximum absolute atomic E-state index is 11.3. The predicted molar refractivity (Wildman–Crippen MR) is 119 cm³/mol. The van der Waals surface area contributed by atoms with E-state index in [0.29, 0.717) is 6.61 Å². The number of aromatic nitrogens is 3. The molecule has 3 heterocycles. The van der Waals surface area contributed by atoms with Crippen molar-refractivity contribution < 1.29 is 14.6 Å².